The van der Waals surface area contributed by atoms with Gasteiger partial charge in [-0.25, -0.2) is 0 Å². The third-order valence-electron chi connectivity index (χ3n) is 2.17. The molecule has 2 rings (SSSR count). The van der Waals surface area contributed by atoms with E-state index in [1.165, 1.54) is 4.80 Å². The molecule has 0 saturated carbocycles. The van der Waals surface area contributed by atoms with Gasteiger partial charge in [0.1, 0.15) is 0 Å². The fraction of sp³-hybridized carbons (Fsp3) is 0.444. The molecule has 0 fully saturated rings. The molecule has 2 N–H and O–H groups in total. The number of hydrogen-bond acceptors (Lipinski definition) is 4. The maximum absolute atomic E-state index is 5.76. The lowest BCUT2D eigenvalue weighted by Crippen LogP contribution is -2.04. The molecule has 0 saturated heterocycles. The number of aryl methyl sites for hydroxylation is 1. The van der Waals surface area contributed by atoms with Gasteiger partial charge >= 0.3 is 0 Å². The first-order chi connectivity index (χ1) is 7.15. The molecule has 6 nitrogen and oxygen atoms in total. The summed E-state index contributed by atoms with van der Waals surface area (Å²) in [4.78, 5) is 1.45. The average Bonchev–Trinajstić information content (AvgIpc) is 2.76. The molecular weight excluding hydrogens is 192 g/mol. The summed E-state index contributed by atoms with van der Waals surface area (Å²) in [6.07, 6.45) is 3.97. The van der Waals surface area contributed by atoms with Crippen molar-refractivity contribution in [3.63, 3.8) is 0 Å². The van der Waals surface area contributed by atoms with E-state index in [1.54, 1.807) is 7.05 Å². The molecule has 0 aliphatic heterocycles. The van der Waals surface area contributed by atoms with Crippen LogP contribution in [0, 0.1) is 0 Å². The number of tetrazole rings is 1. The lowest BCUT2D eigenvalue weighted by molar-refractivity contribution is 0.625. The van der Waals surface area contributed by atoms with Crippen LogP contribution in [0.3, 0.4) is 0 Å². The summed E-state index contributed by atoms with van der Waals surface area (Å²) >= 11 is 0. The lowest BCUT2D eigenvalue weighted by atomic mass is 10.2. The molecular formula is C9H14N6. The van der Waals surface area contributed by atoms with Crippen molar-refractivity contribution in [1.82, 2.24) is 24.8 Å². The number of aromatic nitrogens is 5. The second-order valence-electron chi connectivity index (χ2n) is 3.60. The van der Waals surface area contributed by atoms with Crippen molar-refractivity contribution in [3.8, 4) is 0 Å². The van der Waals surface area contributed by atoms with Gasteiger partial charge in [-0.05, 0) is 23.8 Å². The van der Waals surface area contributed by atoms with Gasteiger partial charge in [0.25, 0.3) is 0 Å². The van der Waals surface area contributed by atoms with Crippen molar-refractivity contribution in [2.45, 2.75) is 19.5 Å². The predicted octanol–water partition coefficient (Wildman–Crippen LogP) is 0.0796. The summed E-state index contributed by atoms with van der Waals surface area (Å²) in [5.74, 6) is 0.698. The first-order valence-corrected chi connectivity index (χ1v) is 4.79. The highest BCUT2D eigenvalue weighted by Gasteiger charge is 2.04. The van der Waals surface area contributed by atoms with Crippen molar-refractivity contribution in [1.29, 1.82) is 0 Å². The van der Waals surface area contributed by atoms with Crippen LogP contribution in [0.5, 0.6) is 0 Å². The molecule has 0 spiro atoms. The SMILES string of the molecule is CC(N)c1ccn(Cc2nnn(C)n2)c1. The van der Waals surface area contributed by atoms with E-state index in [0.29, 0.717) is 12.4 Å². The standard InChI is InChI=1S/C9H14N6/c1-7(10)8-3-4-15(5-8)6-9-11-13-14(2)12-9/h3-5,7H,6,10H2,1-2H3. The molecule has 0 radical (unpaired) electrons. The number of rotatable bonds is 3. The van der Waals surface area contributed by atoms with E-state index in [9.17, 15) is 0 Å². The predicted molar refractivity (Wildman–Crippen MR) is 54.9 cm³/mol. The molecule has 2 aromatic heterocycles. The van der Waals surface area contributed by atoms with Gasteiger partial charge < -0.3 is 10.3 Å². The summed E-state index contributed by atoms with van der Waals surface area (Å²) in [7, 11) is 1.75. The Morgan fingerprint density at radius 2 is 2.33 bits per heavy atom. The summed E-state index contributed by atoms with van der Waals surface area (Å²) in [6, 6.07) is 2.06. The van der Waals surface area contributed by atoms with Crippen LogP contribution in [0.2, 0.25) is 0 Å². The second kappa shape index (κ2) is 3.82. The Morgan fingerprint density at radius 3 is 2.87 bits per heavy atom. The molecule has 2 heterocycles. The van der Waals surface area contributed by atoms with Crippen LogP contribution < -0.4 is 5.73 Å². The van der Waals surface area contributed by atoms with E-state index in [4.69, 9.17) is 5.73 Å². The fourth-order valence-electron chi connectivity index (χ4n) is 1.38. The first kappa shape index (κ1) is 9.85. The highest BCUT2D eigenvalue weighted by atomic mass is 15.6. The van der Waals surface area contributed by atoms with E-state index in [-0.39, 0.29) is 6.04 Å². The summed E-state index contributed by atoms with van der Waals surface area (Å²) < 4.78 is 2.00. The van der Waals surface area contributed by atoms with Crippen LogP contribution in [0.15, 0.2) is 18.5 Å². The molecule has 6 heteroatoms. The maximum atomic E-state index is 5.76. The van der Waals surface area contributed by atoms with Gasteiger partial charge in [-0.2, -0.15) is 4.80 Å². The quantitative estimate of drug-likeness (QED) is 0.771. The molecule has 0 aromatic carbocycles. The van der Waals surface area contributed by atoms with Crippen LogP contribution in [-0.4, -0.2) is 24.8 Å². The Hall–Kier alpha value is -1.69. The number of nitrogens with two attached hydrogens (primary N) is 1. The zero-order chi connectivity index (χ0) is 10.8. The Labute approximate surface area is 87.7 Å². The Kier molecular flexibility index (Phi) is 2.51. The molecule has 0 amide bonds. The van der Waals surface area contributed by atoms with Crippen molar-refractivity contribution in [2.75, 3.05) is 0 Å². The molecule has 0 aliphatic rings. The molecule has 0 bridgehead atoms. The largest absolute Gasteiger partial charge is 0.346 e. The number of nitrogens with zero attached hydrogens (tertiary/aromatic N) is 5. The van der Waals surface area contributed by atoms with E-state index < -0.39 is 0 Å². The maximum Gasteiger partial charge on any atom is 0.194 e. The Morgan fingerprint density at radius 1 is 1.53 bits per heavy atom. The van der Waals surface area contributed by atoms with E-state index in [2.05, 4.69) is 15.4 Å². The molecule has 0 aliphatic carbocycles. The summed E-state index contributed by atoms with van der Waals surface area (Å²) in [6.45, 7) is 2.58. The molecule has 2 aromatic rings. The van der Waals surface area contributed by atoms with Gasteiger partial charge in [-0.3, -0.25) is 0 Å². The smallest absolute Gasteiger partial charge is 0.194 e. The number of hydrogen-bond donors (Lipinski definition) is 1. The minimum Gasteiger partial charge on any atom is -0.346 e. The van der Waals surface area contributed by atoms with Gasteiger partial charge in [-0.1, -0.05) is 0 Å². The summed E-state index contributed by atoms with van der Waals surface area (Å²) in [5, 5.41) is 11.8. The third-order valence-corrected chi connectivity index (χ3v) is 2.17. The van der Waals surface area contributed by atoms with Crippen LogP contribution in [0.25, 0.3) is 0 Å². The molecule has 15 heavy (non-hydrogen) atoms. The minimum atomic E-state index is 0.0565. The van der Waals surface area contributed by atoms with Crippen LogP contribution in [-0.2, 0) is 13.6 Å². The zero-order valence-corrected chi connectivity index (χ0v) is 8.83. The normalized spacial score (nSPS) is 13.0. The van der Waals surface area contributed by atoms with E-state index >= 15 is 0 Å². The Bertz CT molecular complexity index is 441. The van der Waals surface area contributed by atoms with Gasteiger partial charge in [0, 0.05) is 18.4 Å². The summed E-state index contributed by atoms with van der Waals surface area (Å²) in [5.41, 5.74) is 6.87. The average molecular weight is 206 g/mol. The van der Waals surface area contributed by atoms with Crippen molar-refractivity contribution >= 4 is 0 Å². The lowest BCUT2D eigenvalue weighted by Gasteiger charge is -2.00. The van der Waals surface area contributed by atoms with Crippen molar-refractivity contribution < 1.29 is 0 Å². The van der Waals surface area contributed by atoms with Crippen molar-refractivity contribution in [2.24, 2.45) is 12.8 Å². The van der Waals surface area contributed by atoms with E-state index in [1.807, 2.05) is 30.0 Å². The Balaban J connectivity index is 2.11. The molecule has 1 atom stereocenters. The van der Waals surface area contributed by atoms with Gasteiger partial charge in [0.15, 0.2) is 5.82 Å². The highest BCUT2D eigenvalue weighted by Crippen LogP contribution is 2.10. The molecule has 80 valence electrons. The molecule has 1 unspecified atom stereocenters. The van der Waals surface area contributed by atoms with Crippen LogP contribution >= 0.6 is 0 Å². The van der Waals surface area contributed by atoms with Crippen LogP contribution in [0.4, 0.5) is 0 Å². The first-order valence-electron chi connectivity index (χ1n) is 4.79. The van der Waals surface area contributed by atoms with Gasteiger partial charge in [0.05, 0.1) is 13.6 Å². The highest BCUT2D eigenvalue weighted by molar-refractivity contribution is 5.14. The van der Waals surface area contributed by atoms with Gasteiger partial charge in [0.2, 0.25) is 0 Å². The zero-order valence-electron chi connectivity index (χ0n) is 8.83. The third kappa shape index (κ3) is 2.21. The van der Waals surface area contributed by atoms with Crippen LogP contribution in [0.1, 0.15) is 24.4 Å². The topological polar surface area (TPSA) is 74.6 Å². The second-order valence-corrected chi connectivity index (χ2v) is 3.60. The monoisotopic (exact) mass is 206 g/mol. The van der Waals surface area contributed by atoms with Crippen molar-refractivity contribution in [3.05, 3.63) is 29.8 Å². The minimum absolute atomic E-state index is 0.0565. The van der Waals surface area contributed by atoms with Gasteiger partial charge in [-0.15, -0.1) is 10.2 Å². The van der Waals surface area contributed by atoms with E-state index in [0.717, 1.165) is 5.56 Å². The fourth-order valence-corrected chi connectivity index (χ4v) is 1.38.